The Labute approximate surface area is 217 Å². The van der Waals surface area contributed by atoms with Crippen LogP contribution >= 0.6 is 22.7 Å². The first kappa shape index (κ1) is 23.2. The van der Waals surface area contributed by atoms with Gasteiger partial charge in [-0.15, -0.1) is 22.7 Å². The number of amides is 1. The van der Waals surface area contributed by atoms with Crippen molar-refractivity contribution in [3.8, 4) is 0 Å². The number of nitrogens with two attached hydrogens (primary N) is 1. The number of carbonyl (C=O) groups is 2. The molecule has 6 nitrogen and oxygen atoms in total. The first-order chi connectivity index (χ1) is 17.5. The van der Waals surface area contributed by atoms with Crippen LogP contribution in [0.4, 0.5) is 10.7 Å². The third-order valence-electron chi connectivity index (χ3n) is 7.36. The van der Waals surface area contributed by atoms with Crippen molar-refractivity contribution in [1.82, 2.24) is 4.98 Å². The fraction of sp³-hybridized carbons (Fsp3) is 0.321. The Morgan fingerprint density at radius 1 is 1.11 bits per heavy atom. The number of thiophene rings is 2. The summed E-state index contributed by atoms with van der Waals surface area (Å²) < 4.78 is 5.11. The molecule has 0 fully saturated rings. The summed E-state index contributed by atoms with van der Waals surface area (Å²) in [5, 5.41) is 4.39. The van der Waals surface area contributed by atoms with Gasteiger partial charge in [-0.3, -0.25) is 4.79 Å². The van der Waals surface area contributed by atoms with Gasteiger partial charge in [0, 0.05) is 16.0 Å². The molecule has 3 N–H and O–H groups in total. The van der Waals surface area contributed by atoms with E-state index in [0.717, 1.165) is 71.3 Å². The van der Waals surface area contributed by atoms with Crippen molar-refractivity contribution < 1.29 is 14.3 Å². The Balaban J connectivity index is 1.33. The first-order valence-electron chi connectivity index (χ1n) is 12.3. The quantitative estimate of drug-likeness (QED) is 0.318. The van der Waals surface area contributed by atoms with E-state index in [1.807, 2.05) is 6.07 Å². The van der Waals surface area contributed by atoms with Crippen LogP contribution in [0.15, 0.2) is 36.4 Å². The SMILES string of the molecule is COC(=O)c1c(NC(=O)c2sc3nc4c(cc3c2N)CCCC4)sc2c1CCC(c1ccccc1)C2. The Morgan fingerprint density at radius 2 is 1.92 bits per heavy atom. The van der Waals surface area contributed by atoms with Crippen LogP contribution in [-0.4, -0.2) is 24.0 Å². The molecule has 1 atom stereocenters. The Bertz CT molecular complexity index is 1490. The molecule has 1 unspecified atom stereocenters. The van der Waals surface area contributed by atoms with Gasteiger partial charge >= 0.3 is 5.97 Å². The van der Waals surface area contributed by atoms with Crippen LogP contribution in [-0.2, 0) is 30.4 Å². The molecule has 0 spiro atoms. The number of hydrogen-bond donors (Lipinski definition) is 2. The summed E-state index contributed by atoms with van der Waals surface area (Å²) in [6.07, 6.45) is 6.83. The Kier molecular flexibility index (Phi) is 6.01. The monoisotopic (exact) mass is 517 g/mol. The largest absolute Gasteiger partial charge is 0.465 e. The van der Waals surface area contributed by atoms with Crippen molar-refractivity contribution in [2.24, 2.45) is 0 Å². The molecule has 36 heavy (non-hydrogen) atoms. The van der Waals surface area contributed by atoms with Gasteiger partial charge in [0.1, 0.15) is 14.7 Å². The minimum Gasteiger partial charge on any atom is -0.465 e. The molecule has 4 aromatic rings. The van der Waals surface area contributed by atoms with Gasteiger partial charge in [-0.1, -0.05) is 30.3 Å². The fourth-order valence-electron chi connectivity index (χ4n) is 5.49. The van der Waals surface area contributed by atoms with Crippen LogP contribution in [0, 0.1) is 0 Å². The molecule has 1 aromatic carbocycles. The van der Waals surface area contributed by atoms with Gasteiger partial charge < -0.3 is 15.8 Å². The maximum Gasteiger partial charge on any atom is 0.341 e. The Hall–Kier alpha value is -3.23. The number of benzene rings is 1. The molecule has 0 aliphatic heterocycles. The van der Waals surface area contributed by atoms with E-state index in [4.69, 9.17) is 15.5 Å². The zero-order chi connectivity index (χ0) is 24.8. The van der Waals surface area contributed by atoms with Gasteiger partial charge in [-0.25, -0.2) is 9.78 Å². The standard InChI is InChI=1S/C28H27N3O3S2/c1-34-28(33)22-18-12-11-16(15-7-3-2-4-8-15)14-21(18)35-27(22)31-25(32)24-23(29)19-13-17-9-5-6-10-20(17)30-26(19)36-24/h2-4,7-8,13,16H,5-6,9-12,14,29H2,1H3,(H,31,32). The summed E-state index contributed by atoms with van der Waals surface area (Å²) in [5.74, 6) is -0.335. The average Bonchev–Trinajstić information content (AvgIpc) is 3.43. The number of esters is 1. The molecule has 0 bridgehead atoms. The van der Waals surface area contributed by atoms with Crippen LogP contribution < -0.4 is 11.1 Å². The second kappa shape index (κ2) is 9.33. The molecule has 2 aliphatic carbocycles. The number of carbonyl (C=O) groups excluding carboxylic acids is 2. The number of nitrogen functional groups attached to an aromatic ring is 1. The zero-order valence-electron chi connectivity index (χ0n) is 20.1. The number of aromatic nitrogens is 1. The smallest absolute Gasteiger partial charge is 0.341 e. The van der Waals surface area contributed by atoms with Crippen LogP contribution in [0.3, 0.4) is 0 Å². The number of nitrogens with zero attached hydrogens (tertiary/aromatic N) is 1. The van der Waals surface area contributed by atoms with E-state index in [-0.39, 0.29) is 5.91 Å². The summed E-state index contributed by atoms with van der Waals surface area (Å²) in [6, 6.07) is 12.6. The maximum absolute atomic E-state index is 13.4. The minimum absolute atomic E-state index is 0.308. The molecule has 0 saturated heterocycles. The summed E-state index contributed by atoms with van der Waals surface area (Å²) in [6.45, 7) is 0. The highest BCUT2D eigenvalue weighted by Gasteiger charge is 2.31. The van der Waals surface area contributed by atoms with E-state index in [9.17, 15) is 9.59 Å². The molecular weight excluding hydrogens is 490 g/mol. The van der Waals surface area contributed by atoms with Crippen LogP contribution in [0.2, 0.25) is 0 Å². The van der Waals surface area contributed by atoms with E-state index in [2.05, 4.69) is 35.6 Å². The van der Waals surface area contributed by atoms with Gasteiger partial charge in [0.05, 0.1) is 18.4 Å². The number of anilines is 2. The fourth-order valence-corrected chi connectivity index (χ4v) is 7.79. The molecule has 2 aliphatic rings. The second-order valence-electron chi connectivity index (χ2n) is 9.50. The van der Waals surface area contributed by atoms with Crippen molar-refractivity contribution in [3.63, 3.8) is 0 Å². The third kappa shape index (κ3) is 3.98. The summed E-state index contributed by atoms with van der Waals surface area (Å²) in [5.41, 5.74) is 12.0. The van der Waals surface area contributed by atoms with Crippen molar-refractivity contribution in [2.45, 2.75) is 50.9 Å². The number of pyridine rings is 1. The normalized spacial score (nSPS) is 16.9. The highest BCUT2D eigenvalue weighted by atomic mass is 32.1. The maximum atomic E-state index is 13.4. The number of methoxy groups -OCH3 is 1. The lowest BCUT2D eigenvalue weighted by atomic mass is 9.83. The predicted molar refractivity (Wildman–Crippen MR) is 145 cm³/mol. The average molecular weight is 518 g/mol. The molecule has 0 radical (unpaired) electrons. The molecule has 3 heterocycles. The molecule has 0 saturated carbocycles. The lowest BCUT2D eigenvalue weighted by Gasteiger charge is -2.22. The van der Waals surface area contributed by atoms with Crippen molar-refractivity contribution >= 4 is 55.5 Å². The predicted octanol–water partition coefficient (Wildman–Crippen LogP) is 6.13. The lowest BCUT2D eigenvalue weighted by molar-refractivity contribution is 0.0601. The van der Waals surface area contributed by atoms with Gasteiger partial charge in [0.15, 0.2) is 0 Å². The van der Waals surface area contributed by atoms with E-state index in [1.165, 1.54) is 40.9 Å². The van der Waals surface area contributed by atoms with Crippen molar-refractivity contribution in [1.29, 1.82) is 0 Å². The molecule has 6 rings (SSSR count). The van der Waals surface area contributed by atoms with Gasteiger partial charge in [-0.05, 0) is 73.6 Å². The van der Waals surface area contributed by atoms with Gasteiger partial charge in [-0.2, -0.15) is 0 Å². The molecule has 8 heteroatoms. The second-order valence-corrected chi connectivity index (χ2v) is 11.6. The number of fused-ring (bicyclic) bond motifs is 3. The molecule has 184 valence electrons. The number of rotatable bonds is 4. The summed E-state index contributed by atoms with van der Waals surface area (Å²) in [4.78, 5) is 33.4. The van der Waals surface area contributed by atoms with Crippen molar-refractivity contribution in [3.05, 3.63) is 74.1 Å². The topological polar surface area (TPSA) is 94.3 Å². The third-order valence-corrected chi connectivity index (χ3v) is 9.64. The summed E-state index contributed by atoms with van der Waals surface area (Å²) in [7, 11) is 1.38. The summed E-state index contributed by atoms with van der Waals surface area (Å²) >= 11 is 2.79. The molecular formula is C28H27N3O3S2. The highest BCUT2D eigenvalue weighted by molar-refractivity contribution is 7.21. The lowest BCUT2D eigenvalue weighted by Crippen LogP contribution is -2.16. The van der Waals surface area contributed by atoms with Gasteiger partial charge in [0.2, 0.25) is 0 Å². The van der Waals surface area contributed by atoms with Crippen LogP contribution in [0.1, 0.15) is 72.5 Å². The van der Waals surface area contributed by atoms with Crippen LogP contribution in [0.5, 0.6) is 0 Å². The van der Waals surface area contributed by atoms with E-state index in [0.29, 0.717) is 27.0 Å². The Morgan fingerprint density at radius 3 is 2.72 bits per heavy atom. The number of nitrogens with one attached hydrogen (secondary N) is 1. The van der Waals surface area contributed by atoms with E-state index >= 15 is 0 Å². The van der Waals surface area contributed by atoms with E-state index in [1.54, 1.807) is 0 Å². The van der Waals surface area contributed by atoms with Gasteiger partial charge in [0.25, 0.3) is 5.91 Å². The highest BCUT2D eigenvalue weighted by Crippen LogP contribution is 2.43. The molecule has 3 aromatic heterocycles. The zero-order valence-corrected chi connectivity index (χ0v) is 21.7. The van der Waals surface area contributed by atoms with Crippen LogP contribution in [0.25, 0.3) is 10.2 Å². The number of hydrogen-bond acceptors (Lipinski definition) is 7. The van der Waals surface area contributed by atoms with Crippen molar-refractivity contribution in [2.75, 3.05) is 18.2 Å². The number of ether oxygens (including phenoxy) is 1. The first-order valence-corrected chi connectivity index (χ1v) is 14.0. The van der Waals surface area contributed by atoms with E-state index < -0.39 is 5.97 Å². The molecule has 1 amide bonds. The minimum atomic E-state index is -0.417. The number of aryl methyl sites for hydroxylation is 2.